The molecule has 1 aliphatic heterocycles. The minimum Gasteiger partial charge on any atom is -0.354 e. The molecule has 0 aliphatic carbocycles. The SMILES string of the molecule is CCCO[C@H]1[C@@H](C)N=NN1c1ccc([N+](=O)[O-])cc1. The van der Waals surface area contributed by atoms with E-state index in [0.29, 0.717) is 6.61 Å². The van der Waals surface area contributed by atoms with E-state index in [2.05, 4.69) is 10.3 Å². The van der Waals surface area contributed by atoms with Gasteiger partial charge in [0.2, 0.25) is 0 Å². The van der Waals surface area contributed by atoms with Crippen molar-refractivity contribution in [1.29, 1.82) is 0 Å². The molecule has 1 aromatic rings. The molecule has 0 bridgehead atoms. The third kappa shape index (κ3) is 2.87. The normalized spacial score (nSPS) is 21.9. The van der Waals surface area contributed by atoms with E-state index >= 15 is 0 Å². The predicted octanol–water partition coefficient (Wildman–Crippen LogP) is 2.92. The van der Waals surface area contributed by atoms with Gasteiger partial charge in [-0.2, -0.15) is 5.11 Å². The first-order valence-electron chi connectivity index (χ1n) is 6.19. The first-order chi connectivity index (χ1) is 9.13. The van der Waals surface area contributed by atoms with Gasteiger partial charge in [-0.05, 0) is 25.5 Å². The van der Waals surface area contributed by atoms with Crippen LogP contribution in [0.25, 0.3) is 0 Å². The highest BCUT2D eigenvalue weighted by Crippen LogP contribution is 2.28. The van der Waals surface area contributed by atoms with Crippen LogP contribution < -0.4 is 5.01 Å². The third-order valence-corrected chi connectivity index (χ3v) is 2.80. The van der Waals surface area contributed by atoms with E-state index in [1.165, 1.54) is 12.1 Å². The molecular formula is C12H16N4O3. The van der Waals surface area contributed by atoms with Crippen LogP contribution in [0.1, 0.15) is 20.3 Å². The second kappa shape index (κ2) is 5.75. The van der Waals surface area contributed by atoms with Gasteiger partial charge in [-0.3, -0.25) is 10.1 Å². The lowest BCUT2D eigenvalue weighted by molar-refractivity contribution is -0.384. The second-order valence-electron chi connectivity index (χ2n) is 4.32. The molecule has 2 atom stereocenters. The third-order valence-electron chi connectivity index (χ3n) is 2.80. The lowest BCUT2D eigenvalue weighted by Gasteiger charge is -2.24. The summed E-state index contributed by atoms with van der Waals surface area (Å²) in [5.74, 6) is 0. The molecule has 0 N–H and O–H groups in total. The zero-order valence-electron chi connectivity index (χ0n) is 10.9. The van der Waals surface area contributed by atoms with Crippen molar-refractivity contribution in [1.82, 2.24) is 0 Å². The number of nitro groups is 1. The van der Waals surface area contributed by atoms with Crippen LogP contribution in [-0.2, 0) is 4.74 Å². The van der Waals surface area contributed by atoms with E-state index in [1.54, 1.807) is 17.1 Å². The Labute approximate surface area is 111 Å². The number of hydrogen-bond donors (Lipinski definition) is 0. The van der Waals surface area contributed by atoms with Gasteiger partial charge in [0, 0.05) is 18.7 Å². The molecule has 2 rings (SSSR count). The number of rotatable bonds is 5. The van der Waals surface area contributed by atoms with E-state index in [4.69, 9.17) is 4.74 Å². The number of hydrogen-bond acceptors (Lipinski definition) is 6. The molecule has 7 heteroatoms. The summed E-state index contributed by atoms with van der Waals surface area (Å²) in [6, 6.07) is 6.14. The van der Waals surface area contributed by atoms with Gasteiger partial charge in [0.25, 0.3) is 5.69 Å². The maximum Gasteiger partial charge on any atom is 0.269 e. The highest BCUT2D eigenvalue weighted by Gasteiger charge is 2.31. The topological polar surface area (TPSA) is 80.3 Å². The van der Waals surface area contributed by atoms with Gasteiger partial charge in [-0.15, -0.1) is 0 Å². The average molecular weight is 264 g/mol. The van der Waals surface area contributed by atoms with Crippen molar-refractivity contribution in [2.75, 3.05) is 11.6 Å². The van der Waals surface area contributed by atoms with Crippen LogP contribution in [-0.4, -0.2) is 23.8 Å². The van der Waals surface area contributed by atoms with Gasteiger partial charge in [0.1, 0.15) is 6.04 Å². The summed E-state index contributed by atoms with van der Waals surface area (Å²) < 4.78 is 5.71. The van der Waals surface area contributed by atoms with E-state index in [9.17, 15) is 10.1 Å². The Hall–Kier alpha value is -2.02. The summed E-state index contributed by atoms with van der Waals surface area (Å²) in [4.78, 5) is 10.2. The number of anilines is 1. The molecule has 7 nitrogen and oxygen atoms in total. The summed E-state index contributed by atoms with van der Waals surface area (Å²) in [5.41, 5.74) is 0.791. The fourth-order valence-corrected chi connectivity index (χ4v) is 1.82. The van der Waals surface area contributed by atoms with E-state index in [1.807, 2.05) is 13.8 Å². The van der Waals surface area contributed by atoms with Gasteiger partial charge in [-0.25, -0.2) is 5.01 Å². The second-order valence-corrected chi connectivity index (χ2v) is 4.32. The molecule has 0 saturated heterocycles. The largest absolute Gasteiger partial charge is 0.354 e. The van der Waals surface area contributed by atoms with Gasteiger partial charge >= 0.3 is 0 Å². The fraction of sp³-hybridized carbons (Fsp3) is 0.500. The standard InChI is InChI=1S/C12H16N4O3/c1-3-8-19-12-9(2)13-14-15(12)10-4-6-11(7-5-10)16(17)18/h4-7,9,12H,3,8H2,1-2H3/t9-,12+/m1/s1. The Bertz CT molecular complexity index is 474. The lowest BCUT2D eigenvalue weighted by Crippen LogP contribution is -2.36. The van der Waals surface area contributed by atoms with Gasteiger partial charge in [0.05, 0.1) is 10.6 Å². The molecule has 0 aromatic heterocycles. The van der Waals surface area contributed by atoms with E-state index < -0.39 is 4.92 Å². The Morgan fingerprint density at radius 1 is 1.42 bits per heavy atom. The molecule has 19 heavy (non-hydrogen) atoms. The molecule has 0 spiro atoms. The van der Waals surface area contributed by atoms with Crippen molar-refractivity contribution in [3.8, 4) is 0 Å². The highest BCUT2D eigenvalue weighted by molar-refractivity contribution is 5.51. The number of nitrogens with zero attached hydrogens (tertiary/aromatic N) is 4. The van der Waals surface area contributed by atoms with Gasteiger partial charge < -0.3 is 4.74 Å². The monoisotopic (exact) mass is 264 g/mol. The van der Waals surface area contributed by atoms with Crippen molar-refractivity contribution in [2.24, 2.45) is 10.3 Å². The number of nitro benzene ring substituents is 1. The van der Waals surface area contributed by atoms with Crippen molar-refractivity contribution < 1.29 is 9.66 Å². The fourth-order valence-electron chi connectivity index (χ4n) is 1.82. The van der Waals surface area contributed by atoms with Crippen molar-refractivity contribution in [3.05, 3.63) is 34.4 Å². The molecule has 0 amide bonds. The first kappa shape index (κ1) is 13.4. The number of non-ortho nitro benzene ring substituents is 1. The summed E-state index contributed by atoms with van der Waals surface area (Å²) in [7, 11) is 0. The Morgan fingerprint density at radius 3 is 2.68 bits per heavy atom. The van der Waals surface area contributed by atoms with Crippen LogP contribution in [0.3, 0.4) is 0 Å². The maximum atomic E-state index is 10.6. The van der Waals surface area contributed by atoms with E-state index in [-0.39, 0.29) is 18.0 Å². The Balaban J connectivity index is 2.15. The molecule has 102 valence electrons. The summed E-state index contributed by atoms with van der Waals surface area (Å²) in [5, 5.41) is 20.4. The summed E-state index contributed by atoms with van der Waals surface area (Å²) in [6.07, 6.45) is 0.665. The predicted molar refractivity (Wildman–Crippen MR) is 69.9 cm³/mol. The Morgan fingerprint density at radius 2 is 2.11 bits per heavy atom. The van der Waals surface area contributed by atoms with Crippen LogP contribution in [0.4, 0.5) is 11.4 Å². The molecule has 0 saturated carbocycles. The average Bonchev–Trinajstić information content (AvgIpc) is 2.78. The van der Waals surface area contributed by atoms with Crippen LogP contribution in [0, 0.1) is 10.1 Å². The molecule has 1 heterocycles. The minimum absolute atomic E-state index is 0.0539. The van der Waals surface area contributed by atoms with Crippen LogP contribution in [0.15, 0.2) is 34.6 Å². The molecule has 0 fully saturated rings. The number of benzene rings is 1. The zero-order chi connectivity index (χ0) is 13.8. The highest BCUT2D eigenvalue weighted by atomic mass is 16.6. The summed E-state index contributed by atoms with van der Waals surface area (Å²) >= 11 is 0. The van der Waals surface area contributed by atoms with Crippen LogP contribution in [0.2, 0.25) is 0 Å². The van der Waals surface area contributed by atoms with Gasteiger partial charge in [0.15, 0.2) is 6.23 Å². The lowest BCUT2D eigenvalue weighted by atomic mass is 10.2. The van der Waals surface area contributed by atoms with Gasteiger partial charge in [-0.1, -0.05) is 12.1 Å². The quantitative estimate of drug-likeness (QED) is 0.605. The van der Waals surface area contributed by atoms with Crippen molar-refractivity contribution in [2.45, 2.75) is 32.5 Å². The minimum atomic E-state index is -0.428. The summed E-state index contributed by atoms with van der Waals surface area (Å²) in [6.45, 7) is 4.59. The van der Waals surface area contributed by atoms with Crippen molar-refractivity contribution in [3.63, 3.8) is 0 Å². The molecule has 1 aromatic carbocycles. The molecule has 1 aliphatic rings. The smallest absolute Gasteiger partial charge is 0.269 e. The van der Waals surface area contributed by atoms with Crippen molar-refractivity contribution >= 4 is 11.4 Å². The molecule has 0 radical (unpaired) electrons. The Kier molecular flexibility index (Phi) is 4.06. The number of ether oxygens (including phenoxy) is 1. The van der Waals surface area contributed by atoms with Crippen LogP contribution >= 0.6 is 0 Å². The zero-order valence-corrected chi connectivity index (χ0v) is 10.9. The van der Waals surface area contributed by atoms with Crippen LogP contribution in [0.5, 0.6) is 0 Å². The first-order valence-corrected chi connectivity index (χ1v) is 6.19. The molecule has 0 unspecified atom stereocenters. The maximum absolute atomic E-state index is 10.6. The van der Waals surface area contributed by atoms with E-state index in [0.717, 1.165) is 12.1 Å². The molecular weight excluding hydrogens is 248 g/mol.